The van der Waals surface area contributed by atoms with E-state index in [-0.39, 0.29) is 10.7 Å². The zero-order chi connectivity index (χ0) is 23.1. The summed E-state index contributed by atoms with van der Waals surface area (Å²) in [5, 5.41) is 2.67. The zero-order valence-electron chi connectivity index (χ0n) is 18.6. The molecule has 0 fully saturated rings. The average Bonchev–Trinajstić information content (AvgIpc) is 2.81. The van der Waals surface area contributed by atoms with Gasteiger partial charge in [0.1, 0.15) is 0 Å². The number of anilines is 1. The van der Waals surface area contributed by atoms with Crippen LogP contribution in [0.3, 0.4) is 0 Å². The number of nitrogens with zero attached hydrogens (tertiary/aromatic N) is 3. The maximum atomic E-state index is 12.6. The van der Waals surface area contributed by atoms with Gasteiger partial charge in [0.25, 0.3) is 5.91 Å². The van der Waals surface area contributed by atoms with Crippen molar-refractivity contribution in [2.24, 2.45) is 4.99 Å². The van der Waals surface area contributed by atoms with E-state index in [0.717, 1.165) is 37.3 Å². The number of ketones is 1. The molecule has 1 amide bonds. The van der Waals surface area contributed by atoms with Gasteiger partial charge in [-0.25, -0.2) is 4.99 Å². The maximum Gasteiger partial charge on any atom is 0.257 e. The number of benzene rings is 1. The summed E-state index contributed by atoms with van der Waals surface area (Å²) in [7, 11) is 0. The molecule has 1 aromatic carbocycles. The normalized spacial score (nSPS) is 15.1. The highest BCUT2D eigenvalue weighted by Crippen LogP contribution is 2.26. The maximum absolute atomic E-state index is 12.6. The molecule has 2 aromatic rings. The van der Waals surface area contributed by atoms with Crippen molar-refractivity contribution in [3.05, 3.63) is 76.7 Å². The second-order valence-corrected chi connectivity index (χ2v) is 7.90. The molecule has 0 atom stereocenters. The third-order valence-corrected chi connectivity index (χ3v) is 5.52. The van der Waals surface area contributed by atoms with Gasteiger partial charge in [-0.15, -0.1) is 0 Å². The Bertz CT molecular complexity index is 1070. The van der Waals surface area contributed by atoms with Crippen molar-refractivity contribution in [3.8, 4) is 0 Å². The van der Waals surface area contributed by atoms with E-state index in [1.54, 1.807) is 31.3 Å². The molecule has 3 rings (SSSR count). The predicted molar refractivity (Wildman–Crippen MR) is 130 cm³/mol. The van der Waals surface area contributed by atoms with Crippen molar-refractivity contribution in [2.75, 3.05) is 18.0 Å². The van der Waals surface area contributed by atoms with Crippen molar-refractivity contribution < 1.29 is 9.59 Å². The predicted octanol–water partition coefficient (Wildman–Crippen LogP) is 5.19. The molecule has 32 heavy (non-hydrogen) atoms. The Labute approximate surface area is 193 Å². The topological polar surface area (TPSA) is 74.7 Å². The van der Waals surface area contributed by atoms with E-state index in [1.807, 2.05) is 24.3 Å². The molecule has 166 valence electrons. The second-order valence-electron chi connectivity index (χ2n) is 7.52. The molecule has 1 aliphatic rings. The molecule has 0 bridgehead atoms. The van der Waals surface area contributed by atoms with Crippen molar-refractivity contribution in [1.82, 2.24) is 10.3 Å². The number of Topliss-reactive ketones (excluding diaryl/α,β-unsaturated/α-hetero) is 1. The number of halogens is 1. The van der Waals surface area contributed by atoms with Gasteiger partial charge in [-0.05, 0) is 67.8 Å². The van der Waals surface area contributed by atoms with E-state index in [9.17, 15) is 9.59 Å². The fourth-order valence-electron chi connectivity index (χ4n) is 3.40. The van der Waals surface area contributed by atoms with Gasteiger partial charge in [0, 0.05) is 31.2 Å². The summed E-state index contributed by atoms with van der Waals surface area (Å²) in [6, 6.07) is 11.3. The molecule has 0 spiro atoms. The summed E-state index contributed by atoms with van der Waals surface area (Å²) < 4.78 is 0. The first-order valence-corrected chi connectivity index (χ1v) is 11.1. The average molecular weight is 451 g/mol. The number of rotatable bonds is 8. The largest absolute Gasteiger partial charge is 0.372 e. The molecule has 7 heteroatoms. The summed E-state index contributed by atoms with van der Waals surface area (Å²) in [6.07, 6.45) is 6.73. The number of carbonyl (C=O) groups is 2. The lowest BCUT2D eigenvalue weighted by Gasteiger charge is -2.23. The Kier molecular flexibility index (Phi) is 7.95. The van der Waals surface area contributed by atoms with Gasteiger partial charge < -0.3 is 10.2 Å². The Morgan fingerprint density at radius 1 is 1.12 bits per heavy atom. The number of allylic oxidation sites excluding steroid dienone is 3. The lowest BCUT2D eigenvalue weighted by Crippen LogP contribution is -2.31. The third kappa shape index (κ3) is 5.51. The summed E-state index contributed by atoms with van der Waals surface area (Å²) in [5.41, 5.74) is 3.43. The van der Waals surface area contributed by atoms with Gasteiger partial charge in [-0.2, -0.15) is 0 Å². The number of carbonyl (C=O) groups excluding carboxylic acids is 2. The molecular formula is C25H27ClN4O2. The number of aromatic nitrogens is 1. The number of hydrogen-bond donors (Lipinski definition) is 1. The van der Waals surface area contributed by atoms with Crippen LogP contribution < -0.4 is 10.2 Å². The summed E-state index contributed by atoms with van der Waals surface area (Å²) in [4.78, 5) is 36.0. The van der Waals surface area contributed by atoms with Crippen molar-refractivity contribution in [3.63, 3.8) is 0 Å². The fourth-order valence-corrected chi connectivity index (χ4v) is 3.60. The van der Waals surface area contributed by atoms with Gasteiger partial charge >= 0.3 is 0 Å². The van der Waals surface area contributed by atoms with Gasteiger partial charge in [0.15, 0.2) is 0 Å². The highest BCUT2D eigenvalue weighted by molar-refractivity contribution is 6.49. The van der Waals surface area contributed by atoms with E-state index in [2.05, 4.69) is 34.0 Å². The monoisotopic (exact) mass is 450 g/mol. The highest BCUT2D eigenvalue weighted by Gasteiger charge is 2.25. The van der Waals surface area contributed by atoms with Crippen LogP contribution >= 0.6 is 11.6 Å². The van der Waals surface area contributed by atoms with Gasteiger partial charge in [-0.3, -0.25) is 14.6 Å². The lowest BCUT2D eigenvalue weighted by molar-refractivity contribution is -0.112. The first-order valence-electron chi connectivity index (χ1n) is 10.7. The fraction of sp³-hybridized carbons (Fsp3) is 0.280. The van der Waals surface area contributed by atoms with E-state index in [1.165, 1.54) is 6.20 Å². The minimum Gasteiger partial charge on any atom is -0.372 e. The molecule has 0 saturated heterocycles. The molecule has 1 N–H and O–H groups in total. The number of nitrogens with one attached hydrogen (secondary N) is 1. The second kappa shape index (κ2) is 10.9. The molecule has 0 saturated carbocycles. The molecule has 1 aliphatic carbocycles. The highest BCUT2D eigenvalue weighted by atomic mass is 35.5. The third-order valence-electron chi connectivity index (χ3n) is 5.06. The van der Waals surface area contributed by atoms with Crippen LogP contribution in [0.15, 0.2) is 76.2 Å². The van der Waals surface area contributed by atoms with E-state index >= 15 is 0 Å². The Hall–Kier alpha value is -3.25. The Balaban J connectivity index is 1.86. The van der Waals surface area contributed by atoms with Crippen LogP contribution in [0.5, 0.6) is 0 Å². The Morgan fingerprint density at radius 2 is 1.81 bits per heavy atom. The van der Waals surface area contributed by atoms with Crippen LogP contribution in [-0.2, 0) is 4.79 Å². The minimum atomic E-state index is -0.439. The lowest BCUT2D eigenvalue weighted by atomic mass is 10.0. The van der Waals surface area contributed by atoms with E-state index in [4.69, 9.17) is 11.6 Å². The molecule has 1 aromatic heterocycles. The first-order chi connectivity index (χ1) is 15.4. The number of hydrogen-bond acceptors (Lipinski definition) is 5. The smallest absolute Gasteiger partial charge is 0.257 e. The summed E-state index contributed by atoms with van der Waals surface area (Å²) >= 11 is 6.28. The SMILES string of the molecule is CCCN(CCC)c1ccc(N=C2C=C(NC(=O)c3cccnc3)C(=O)C(Cl)=C2C)cc1. The van der Waals surface area contributed by atoms with Crippen molar-refractivity contribution in [1.29, 1.82) is 0 Å². The minimum absolute atomic E-state index is 0.0430. The van der Waals surface area contributed by atoms with Gasteiger partial charge in [0.2, 0.25) is 5.78 Å². The van der Waals surface area contributed by atoms with Gasteiger partial charge in [0.05, 0.1) is 27.7 Å². The Morgan fingerprint density at radius 3 is 2.41 bits per heavy atom. The van der Waals surface area contributed by atoms with Crippen LogP contribution in [0.25, 0.3) is 0 Å². The molecular weight excluding hydrogens is 424 g/mol. The molecule has 0 radical (unpaired) electrons. The summed E-state index contributed by atoms with van der Waals surface area (Å²) in [5.74, 6) is -0.872. The zero-order valence-corrected chi connectivity index (χ0v) is 19.3. The van der Waals surface area contributed by atoms with Crippen LogP contribution in [0.2, 0.25) is 0 Å². The first kappa shape index (κ1) is 23.4. The van der Waals surface area contributed by atoms with E-state index in [0.29, 0.717) is 16.8 Å². The van der Waals surface area contributed by atoms with Gasteiger partial charge in [-0.1, -0.05) is 25.4 Å². The summed E-state index contributed by atoms with van der Waals surface area (Å²) in [6.45, 7) is 8.09. The molecule has 0 aliphatic heterocycles. The standard InChI is InChI=1S/C25H27ClN4O2/c1-4-13-30(14-5-2)20-10-8-19(9-11-20)28-21-15-22(24(31)23(26)17(21)3)29-25(32)18-7-6-12-27-16-18/h6-12,15-16H,4-5,13-14H2,1-3H3,(H,29,32). The molecule has 6 nitrogen and oxygen atoms in total. The molecule has 0 unspecified atom stereocenters. The van der Waals surface area contributed by atoms with Crippen LogP contribution in [-0.4, -0.2) is 35.5 Å². The van der Waals surface area contributed by atoms with Crippen molar-refractivity contribution in [2.45, 2.75) is 33.6 Å². The molecule has 1 heterocycles. The number of amides is 1. The van der Waals surface area contributed by atoms with E-state index < -0.39 is 11.7 Å². The quantitative estimate of drug-likeness (QED) is 0.561. The van der Waals surface area contributed by atoms with Crippen LogP contribution in [0, 0.1) is 0 Å². The number of pyridine rings is 1. The number of aliphatic imine (C=N–C) groups is 1. The van der Waals surface area contributed by atoms with Crippen LogP contribution in [0.1, 0.15) is 44.0 Å². The van der Waals surface area contributed by atoms with Crippen LogP contribution in [0.4, 0.5) is 11.4 Å². The van der Waals surface area contributed by atoms with Crippen molar-refractivity contribution >= 4 is 40.4 Å².